The van der Waals surface area contributed by atoms with Gasteiger partial charge in [-0.2, -0.15) is 10.2 Å². The van der Waals surface area contributed by atoms with E-state index in [2.05, 4.69) is 26.9 Å². The number of carbonyl (C=O) groups is 1. The van der Waals surface area contributed by atoms with Gasteiger partial charge in [0.25, 0.3) is 6.43 Å². The Bertz CT molecular complexity index is 1340. The van der Waals surface area contributed by atoms with Gasteiger partial charge in [-0.1, -0.05) is 30.3 Å². The van der Waals surface area contributed by atoms with Gasteiger partial charge in [-0.25, -0.2) is 13.2 Å². The highest BCUT2D eigenvalue weighted by atomic mass is 19.3. The van der Waals surface area contributed by atoms with E-state index in [-0.39, 0.29) is 23.4 Å². The summed E-state index contributed by atoms with van der Waals surface area (Å²) >= 11 is 0. The number of hydrogen-bond acceptors (Lipinski definition) is 5. The SMILES string of the molecule is C[C@@H](Nc1cnnc2ccc(C3=CCC(C(=O)NC4CCOCC4)CC3)cc12)c1cccc(C(F)F)c1F. The van der Waals surface area contributed by atoms with Crippen molar-refractivity contribution in [2.75, 3.05) is 18.5 Å². The summed E-state index contributed by atoms with van der Waals surface area (Å²) in [5, 5.41) is 15.5. The number of anilines is 1. The van der Waals surface area contributed by atoms with Crippen LogP contribution in [0.3, 0.4) is 0 Å². The van der Waals surface area contributed by atoms with Gasteiger partial charge < -0.3 is 15.4 Å². The van der Waals surface area contributed by atoms with Crippen molar-refractivity contribution in [3.05, 3.63) is 71.2 Å². The van der Waals surface area contributed by atoms with Crippen molar-refractivity contribution in [3.8, 4) is 0 Å². The number of alkyl halides is 2. The second-order valence-electron chi connectivity index (χ2n) is 10.0. The van der Waals surface area contributed by atoms with Crippen LogP contribution in [0.5, 0.6) is 0 Å². The summed E-state index contributed by atoms with van der Waals surface area (Å²) in [5.74, 6) is -0.827. The number of halogens is 3. The third-order valence-electron chi connectivity index (χ3n) is 7.49. The molecule has 6 nitrogen and oxygen atoms in total. The third kappa shape index (κ3) is 5.67. The molecule has 1 aromatic heterocycles. The van der Waals surface area contributed by atoms with Gasteiger partial charge in [0.2, 0.25) is 5.91 Å². The molecule has 200 valence electrons. The number of ether oxygens (including phenoxy) is 1. The van der Waals surface area contributed by atoms with E-state index in [4.69, 9.17) is 4.74 Å². The molecule has 2 N–H and O–H groups in total. The average Bonchev–Trinajstić information content (AvgIpc) is 2.93. The predicted molar refractivity (Wildman–Crippen MR) is 140 cm³/mol. The lowest BCUT2D eigenvalue weighted by Gasteiger charge is -2.27. The minimum absolute atomic E-state index is 0.0371. The summed E-state index contributed by atoms with van der Waals surface area (Å²) < 4.78 is 46.5. The Morgan fingerprint density at radius 2 is 1.89 bits per heavy atom. The molecular formula is C29H31F3N4O2. The first-order chi connectivity index (χ1) is 18.4. The van der Waals surface area contributed by atoms with Crippen LogP contribution in [-0.4, -0.2) is 35.4 Å². The highest BCUT2D eigenvalue weighted by Crippen LogP contribution is 2.34. The lowest BCUT2D eigenvalue weighted by molar-refractivity contribution is -0.126. The van der Waals surface area contributed by atoms with E-state index in [1.165, 1.54) is 12.1 Å². The van der Waals surface area contributed by atoms with Gasteiger partial charge in [-0.15, -0.1) is 0 Å². The molecule has 0 bridgehead atoms. The predicted octanol–water partition coefficient (Wildman–Crippen LogP) is 6.36. The lowest BCUT2D eigenvalue weighted by atomic mass is 9.85. The highest BCUT2D eigenvalue weighted by Gasteiger charge is 2.25. The third-order valence-corrected chi connectivity index (χ3v) is 7.49. The molecule has 3 aromatic rings. The van der Waals surface area contributed by atoms with E-state index in [1.54, 1.807) is 13.1 Å². The zero-order valence-corrected chi connectivity index (χ0v) is 21.2. The molecule has 2 aromatic carbocycles. The van der Waals surface area contributed by atoms with Crippen LogP contribution in [0.4, 0.5) is 18.9 Å². The molecule has 1 unspecified atom stereocenters. The summed E-state index contributed by atoms with van der Waals surface area (Å²) in [6.45, 7) is 3.11. The van der Waals surface area contributed by atoms with E-state index >= 15 is 0 Å². The number of hydrogen-bond donors (Lipinski definition) is 2. The zero-order valence-electron chi connectivity index (χ0n) is 21.2. The fourth-order valence-electron chi connectivity index (χ4n) is 5.25. The Kier molecular flexibility index (Phi) is 7.93. The van der Waals surface area contributed by atoms with E-state index in [0.29, 0.717) is 30.8 Å². The first-order valence-electron chi connectivity index (χ1n) is 13.1. The van der Waals surface area contributed by atoms with E-state index in [0.717, 1.165) is 48.3 Å². The number of amides is 1. The Labute approximate surface area is 219 Å². The molecule has 1 aliphatic heterocycles. The number of nitrogens with one attached hydrogen (secondary N) is 2. The van der Waals surface area contributed by atoms with Crippen LogP contribution in [-0.2, 0) is 9.53 Å². The summed E-state index contributed by atoms with van der Waals surface area (Å²) in [6.07, 6.45) is 4.76. The number of fused-ring (bicyclic) bond motifs is 1. The van der Waals surface area contributed by atoms with Crippen molar-refractivity contribution in [1.82, 2.24) is 15.5 Å². The standard InChI is InChI=1S/C29H31F3N4O2/c1-17(22-3-2-4-23(27(22)30)28(31)32)34-26-16-33-36-25-10-9-20(15-24(25)26)18-5-7-19(8-6-18)29(37)35-21-11-13-38-14-12-21/h2-5,9-10,15-17,19,21,28H,6-8,11-14H2,1H3,(H,34,36)(H,35,37)/t17-,19?/m1/s1. The number of rotatable bonds is 7. The minimum Gasteiger partial charge on any atom is -0.381 e. The molecule has 2 aliphatic rings. The van der Waals surface area contributed by atoms with Crippen molar-refractivity contribution in [1.29, 1.82) is 0 Å². The summed E-state index contributed by atoms with van der Waals surface area (Å²) in [5.41, 5.74) is 3.03. The average molecular weight is 525 g/mol. The Morgan fingerprint density at radius 1 is 1.11 bits per heavy atom. The van der Waals surface area contributed by atoms with E-state index < -0.39 is 23.8 Å². The summed E-state index contributed by atoms with van der Waals surface area (Å²) in [4.78, 5) is 12.8. The van der Waals surface area contributed by atoms with Gasteiger partial charge in [-0.3, -0.25) is 4.79 Å². The monoisotopic (exact) mass is 524 g/mol. The smallest absolute Gasteiger partial charge is 0.266 e. The molecule has 38 heavy (non-hydrogen) atoms. The molecule has 1 aliphatic carbocycles. The molecule has 0 spiro atoms. The van der Waals surface area contributed by atoms with Crippen LogP contribution in [0.15, 0.2) is 48.7 Å². The topological polar surface area (TPSA) is 76.1 Å². The van der Waals surface area contributed by atoms with Crippen molar-refractivity contribution < 1.29 is 22.7 Å². The largest absolute Gasteiger partial charge is 0.381 e. The molecule has 0 saturated carbocycles. The van der Waals surface area contributed by atoms with Crippen molar-refractivity contribution in [2.45, 2.75) is 57.5 Å². The fraction of sp³-hybridized carbons (Fsp3) is 0.414. The molecule has 0 radical (unpaired) electrons. The van der Waals surface area contributed by atoms with Gasteiger partial charge in [0, 0.05) is 36.1 Å². The summed E-state index contributed by atoms with van der Waals surface area (Å²) in [6, 6.07) is 9.55. The highest BCUT2D eigenvalue weighted by molar-refractivity contribution is 5.93. The number of nitrogens with zero attached hydrogens (tertiary/aromatic N) is 2. The zero-order chi connectivity index (χ0) is 26.6. The van der Waals surface area contributed by atoms with Gasteiger partial charge in [0.05, 0.1) is 29.0 Å². The normalized spacial score (nSPS) is 19.3. The molecule has 9 heteroatoms. The molecule has 5 rings (SSSR count). The minimum atomic E-state index is -2.88. The Morgan fingerprint density at radius 3 is 2.63 bits per heavy atom. The quantitative estimate of drug-likeness (QED) is 0.376. The van der Waals surface area contributed by atoms with Crippen LogP contribution in [0.1, 0.15) is 68.2 Å². The maximum Gasteiger partial charge on any atom is 0.266 e. The van der Waals surface area contributed by atoms with Crippen LogP contribution >= 0.6 is 0 Å². The number of benzene rings is 2. The fourth-order valence-corrected chi connectivity index (χ4v) is 5.25. The number of aromatic nitrogens is 2. The first kappa shape index (κ1) is 26.2. The number of allylic oxidation sites excluding steroid dienone is 2. The van der Waals surface area contributed by atoms with Crippen LogP contribution < -0.4 is 10.6 Å². The molecule has 1 amide bonds. The maximum atomic E-state index is 14.7. The van der Waals surface area contributed by atoms with Gasteiger partial charge in [-0.05, 0) is 62.3 Å². The van der Waals surface area contributed by atoms with Crippen LogP contribution in [0, 0.1) is 11.7 Å². The molecule has 2 heterocycles. The van der Waals surface area contributed by atoms with Gasteiger partial charge >= 0.3 is 0 Å². The lowest BCUT2D eigenvalue weighted by Crippen LogP contribution is -2.42. The van der Waals surface area contributed by atoms with Crippen LogP contribution in [0.25, 0.3) is 16.5 Å². The Balaban J connectivity index is 1.32. The molecule has 1 saturated heterocycles. The van der Waals surface area contributed by atoms with Gasteiger partial charge in [0.15, 0.2) is 0 Å². The first-order valence-corrected chi connectivity index (χ1v) is 13.1. The van der Waals surface area contributed by atoms with Crippen molar-refractivity contribution >= 4 is 28.1 Å². The van der Waals surface area contributed by atoms with Crippen LogP contribution in [0.2, 0.25) is 0 Å². The maximum absolute atomic E-state index is 14.7. The van der Waals surface area contributed by atoms with Crippen molar-refractivity contribution in [2.24, 2.45) is 5.92 Å². The molecular weight excluding hydrogens is 493 g/mol. The summed E-state index contributed by atoms with van der Waals surface area (Å²) in [7, 11) is 0. The Hall–Kier alpha value is -3.46. The second-order valence-corrected chi connectivity index (χ2v) is 10.0. The van der Waals surface area contributed by atoms with Crippen molar-refractivity contribution in [3.63, 3.8) is 0 Å². The molecule has 2 atom stereocenters. The molecule has 1 fully saturated rings. The van der Waals surface area contributed by atoms with E-state index in [9.17, 15) is 18.0 Å². The van der Waals surface area contributed by atoms with Gasteiger partial charge in [0.1, 0.15) is 5.82 Å². The second kappa shape index (κ2) is 11.5. The number of carbonyl (C=O) groups excluding carboxylic acids is 1. The van der Waals surface area contributed by atoms with E-state index in [1.807, 2.05) is 18.2 Å².